The summed E-state index contributed by atoms with van der Waals surface area (Å²) in [4.78, 5) is 104. The molecule has 27 heteroatoms. The fourth-order valence-corrected chi connectivity index (χ4v) is 13.4. The monoisotopic (exact) mass is 1110 g/mol. The second-order valence-corrected chi connectivity index (χ2v) is 22.7. The van der Waals surface area contributed by atoms with E-state index in [4.69, 9.17) is 36.4 Å². The van der Waals surface area contributed by atoms with E-state index in [1.165, 1.54) is 48.2 Å². The minimum atomic E-state index is -1.35. The molecule has 74 heavy (non-hydrogen) atoms. The summed E-state index contributed by atoms with van der Waals surface area (Å²) in [5.74, 6) is 9.81. The second-order valence-electron chi connectivity index (χ2n) is 16.9. The van der Waals surface area contributed by atoms with Gasteiger partial charge >= 0.3 is 0 Å². The van der Waals surface area contributed by atoms with Gasteiger partial charge in [0.1, 0.15) is 82.4 Å². The number of methoxy groups -OCH3 is 1. The summed E-state index contributed by atoms with van der Waals surface area (Å²) in [6, 6.07) is 9.25. The third-order valence-electron chi connectivity index (χ3n) is 11.6. The zero-order chi connectivity index (χ0) is 52.4. The Kier molecular flexibility index (Phi) is 15.8. The largest absolute Gasteiger partial charge is 0.386 e. The maximum absolute atomic E-state index is 14.4. The van der Waals surface area contributed by atoms with Crippen LogP contribution < -0.4 is 27.6 Å². The Morgan fingerprint density at radius 3 is 2.24 bits per heavy atom. The van der Waals surface area contributed by atoms with Crippen molar-refractivity contribution in [2.45, 2.75) is 58.0 Å². The van der Waals surface area contributed by atoms with Gasteiger partial charge in [-0.05, 0) is 30.5 Å². The average molecular weight is 1110 g/mol. The lowest BCUT2D eigenvalue weighted by Gasteiger charge is -2.30. The van der Waals surface area contributed by atoms with Crippen LogP contribution in [0.1, 0.15) is 106 Å². The molecular formula is C47H46N14O7S6. The van der Waals surface area contributed by atoms with Gasteiger partial charge in [-0.15, -0.1) is 68.0 Å². The zero-order valence-corrected chi connectivity index (χ0v) is 44.9. The van der Waals surface area contributed by atoms with Gasteiger partial charge in [0.05, 0.1) is 36.2 Å². The van der Waals surface area contributed by atoms with Crippen LogP contribution in [0.3, 0.4) is 0 Å². The SMILES string of the molecule is CNC(=O)C[C@@H]1NC(=O)c2csc(n2)-c2ccc(-c3nccs3)nc2-c2csc(n2)-c2csc(n2)[C@H]([C@@H](O)c2ccccc2)N(N)C(=O)CNC(=O)c2nc(sc2COC)[C@H](C(C)C)N(N)C(=O)c2nc1sc2C. The maximum Gasteiger partial charge on any atom is 0.288 e. The molecule has 0 unspecified atom stereocenters. The zero-order valence-electron chi connectivity index (χ0n) is 40.0. The maximum atomic E-state index is 14.4. The quantitative estimate of drug-likeness (QED) is 0.0700. The standard InChI is InChI=1S/C47H46N14O7S6/c1-21(2)36-46-59-35(30(74-46)17-68-5)40(66)52-16-32(63)60(48)37(38(64)23-9-7-6-8-10-23)45-57-29(20-72-45)43-55-27(18-71-43)34-24(11-12-25(53-34)42-51-13-14-69-42)41-56-28(19-70-41)39(65)54-26(15-31(62)50-4)44-58-33(22(3)73-44)47(67)61(36)49/h6-14,18-21,26,36-38,64H,15-17,48-49H2,1-5H3,(H,50,62)(H,52,66)(H,54,65)/t26-,36-,37-,38-/m0/s1. The van der Waals surface area contributed by atoms with Crippen molar-refractivity contribution in [3.8, 4) is 43.4 Å². The average Bonchev–Trinajstić information content (AvgIpc) is 4.27. The number of pyridine rings is 1. The number of fused-ring (bicyclic) bond motifs is 14. The van der Waals surface area contributed by atoms with Crippen LogP contribution in [-0.2, 0) is 20.9 Å². The van der Waals surface area contributed by atoms with E-state index in [2.05, 4.69) is 30.9 Å². The van der Waals surface area contributed by atoms with Gasteiger partial charge in [-0.1, -0.05) is 44.2 Å². The van der Waals surface area contributed by atoms with Crippen LogP contribution in [0.15, 0.2) is 70.2 Å². The van der Waals surface area contributed by atoms with Crippen molar-refractivity contribution in [3.63, 3.8) is 0 Å². The van der Waals surface area contributed by atoms with E-state index in [-0.39, 0.29) is 46.0 Å². The Morgan fingerprint density at radius 2 is 1.51 bits per heavy atom. The van der Waals surface area contributed by atoms with Crippen LogP contribution in [0.2, 0.25) is 0 Å². The molecule has 9 rings (SSSR count). The fourth-order valence-electron chi connectivity index (χ4n) is 7.91. The van der Waals surface area contributed by atoms with E-state index in [0.717, 1.165) is 44.0 Å². The highest BCUT2D eigenvalue weighted by Gasteiger charge is 2.37. The van der Waals surface area contributed by atoms with Gasteiger partial charge in [0, 0.05) is 52.3 Å². The number of aryl methyl sites for hydroxylation is 1. The third kappa shape index (κ3) is 10.8. The molecule has 8 N–H and O–H groups in total. The molecule has 0 spiro atoms. The van der Waals surface area contributed by atoms with E-state index >= 15 is 0 Å². The number of aromatic nitrogens is 7. The molecule has 8 heterocycles. The minimum absolute atomic E-state index is 0.0123. The predicted octanol–water partition coefficient (Wildman–Crippen LogP) is 6.48. The van der Waals surface area contributed by atoms with Gasteiger partial charge < -0.3 is 25.8 Å². The van der Waals surface area contributed by atoms with Gasteiger partial charge in [0.25, 0.3) is 23.6 Å². The van der Waals surface area contributed by atoms with E-state index < -0.39 is 60.3 Å². The molecular weight excluding hydrogens is 1070 g/mol. The van der Waals surface area contributed by atoms with Crippen LogP contribution in [-0.4, -0.2) is 100 Å². The number of rotatable bonds is 8. The highest BCUT2D eigenvalue weighted by atomic mass is 32.1. The number of aliphatic hydroxyl groups is 1. The molecule has 0 saturated heterocycles. The minimum Gasteiger partial charge on any atom is -0.386 e. The normalized spacial score (nSPS) is 17.3. The molecule has 0 radical (unpaired) electrons. The number of nitrogens with one attached hydrogen (secondary N) is 3. The first-order valence-corrected chi connectivity index (χ1v) is 27.7. The lowest BCUT2D eigenvalue weighted by atomic mass is 10.0. The molecule has 1 aromatic carbocycles. The first kappa shape index (κ1) is 52.2. The van der Waals surface area contributed by atoms with Crippen molar-refractivity contribution in [2.24, 2.45) is 17.6 Å². The fraction of sp³-hybridized carbons (Fsp3) is 0.277. The first-order valence-electron chi connectivity index (χ1n) is 22.6. The van der Waals surface area contributed by atoms with Gasteiger partial charge in [0.2, 0.25) is 5.91 Å². The van der Waals surface area contributed by atoms with Crippen molar-refractivity contribution in [1.82, 2.24) is 60.9 Å². The summed E-state index contributed by atoms with van der Waals surface area (Å²) in [7, 11) is 2.93. The van der Waals surface area contributed by atoms with E-state index in [9.17, 15) is 29.1 Å². The highest BCUT2D eigenvalue weighted by molar-refractivity contribution is 7.15. The van der Waals surface area contributed by atoms with Gasteiger partial charge in [-0.25, -0.2) is 46.6 Å². The molecule has 1 aliphatic rings. The smallest absolute Gasteiger partial charge is 0.288 e. The number of aliphatic hydroxyl groups excluding tert-OH is 1. The molecule has 21 nitrogen and oxygen atoms in total. The Balaban J connectivity index is 1.15. The van der Waals surface area contributed by atoms with Crippen molar-refractivity contribution >= 4 is 97.6 Å². The van der Waals surface area contributed by atoms with Crippen molar-refractivity contribution in [3.05, 3.63) is 118 Å². The molecule has 0 aliphatic carbocycles. The van der Waals surface area contributed by atoms with Crippen LogP contribution in [0.25, 0.3) is 43.4 Å². The Bertz CT molecular complexity index is 3350. The molecule has 5 amide bonds. The van der Waals surface area contributed by atoms with Crippen LogP contribution in [0, 0.1) is 12.8 Å². The van der Waals surface area contributed by atoms with Gasteiger partial charge in [-0.2, -0.15) is 0 Å². The van der Waals surface area contributed by atoms with Crippen LogP contribution in [0.4, 0.5) is 0 Å². The van der Waals surface area contributed by atoms with Gasteiger partial charge in [0.15, 0.2) is 0 Å². The van der Waals surface area contributed by atoms with Crippen molar-refractivity contribution < 1.29 is 33.8 Å². The van der Waals surface area contributed by atoms with Crippen molar-refractivity contribution in [2.75, 3.05) is 20.7 Å². The van der Waals surface area contributed by atoms with E-state index in [1.807, 2.05) is 36.7 Å². The Morgan fingerprint density at radius 1 is 0.784 bits per heavy atom. The number of hydrazine groups is 2. The Hall–Kier alpha value is -6.66. The number of nitrogens with two attached hydrogens (primary N) is 2. The van der Waals surface area contributed by atoms with E-state index in [0.29, 0.717) is 63.7 Å². The number of hydrogen-bond acceptors (Lipinski definition) is 22. The molecule has 7 aromatic heterocycles. The second kappa shape index (κ2) is 22.4. The van der Waals surface area contributed by atoms with Crippen LogP contribution in [0.5, 0.6) is 0 Å². The number of nitrogens with zero attached hydrogens (tertiary/aromatic N) is 9. The number of hydrogen-bond donors (Lipinski definition) is 6. The lowest BCUT2D eigenvalue weighted by Crippen LogP contribution is -2.48. The molecule has 0 fully saturated rings. The molecule has 10 bridgehead atoms. The number of benzene rings is 1. The molecule has 4 atom stereocenters. The number of carbonyl (C=O) groups is 5. The predicted molar refractivity (Wildman–Crippen MR) is 283 cm³/mol. The summed E-state index contributed by atoms with van der Waals surface area (Å²) >= 11 is 7.31. The summed E-state index contributed by atoms with van der Waals surface area (Å²) in [6.07, 6.45) is 0.115. The van der Waals surface area contributed by atoms with Crippen molar-refractivity contribution in [1.29, 1.82) is 0 Å². The summed E-state index contributed by atoms with van der Waals surface area (Å²) in [6.45, 7) is 4.72. The highest BCUT2D eigenvalue weighted by Crippen LogP contribution is 2.41. The number of amides is 5. The third-order valence-corrected chi connectivity index (χ3v) is 17.2. The molecule has 1 aliphatic heterocycles. The number of thiazole rings is 6. The summed E-state index contributed by atoms with van der Waals surface area (Å²) < 4.78 is 5.44. The number of ether oxygens (including phenoxy) is 1. The Labute approximate surface area is 446 Å². The van der Waals surface area contributed by atoms with Gasteiger partial charge in [-0.3, -0.25) is 34.0 Å². The lowest BCUT2D eigenvalue weighted by molar-refractivity contribution is -0.136. The molecule has 8 aromatic rings. The number of carbonyl (C=O) groups excluding carboxylic acids is 5. The summed E-state index contributed by atoms with van der Waals surface area (Å²) in [5.41, 5.74) is 2.95. The first-order chi connectivity index (χ1) is 35.6. The van der Waals surface area contributed by atoms with Crippen LogP contribution >= 0.6 is 68.0 Å². The topological polar surface area (TPSA) is 300 Å². The summed E-state index contributed by atoms with van der Waals surface area (Å²) in [5, 5.41) is 31.4. The van der Waals surface area contributed by atoms with E-state index in [1.54, 1.807) is 54.2 Å². The molecule has 0 saturated carbocycles. The molecule has 382 valence electrons.